The van der Waals surface area contributed by atoms with Gasteiger partial charge >= 0.3 is 0 Å². The van der Waals surface area contributed by atoms with Crippen LogP contribution in [0.15, 0.2) is 18.2 Å². The topological polar surface area (TPSA) is 20.2 Å². The highest BCUT2D eigenvalue weighted by Gasteiger charge is 2.15. The number of hydrogen-bond donors (Lipinski definition) is 1. The zero-order valence-corrected chi connectivity index (χ0v) is 8.92. The van der Waals surface area contributed by atoms with Crippen LogP contribution in [0.2, 0.25) is 0 Å². The Morgan fingerprint density at radius 2 is 2.07 bits per heavy atom. The van der Waals surface area contributed by atoms with Crippen molar-refractivity contribution in [3.63, 3.8) is 0 Å². The zero-order valence-electron chi connectivity index (χ0n) is 8.92. The van der Waals surface area contributed by atoms with Crippen LogP contribution in [0, 0.1) is 18.7 Å². The van der Waals surface area contributed by atoms with Gasteiger partial charge in [0, 0.05) is 0 Å². The van der Waals surface area contributed by atoms with Gasteiger partial charge in [-0.3, -0.25) is 0 Å². The summed E-state index contributed by atoms with van der Waals surface area (Å²) in [7, 11) is 0. The van der Waals surface area contributed by atoms with Crippen molar-refractivity contribution in [1.82, 2.24) is 0 Å². The maximum Gasteiger partial charge on any atom is 0.126 e. The molecule has 14 heavy (non-hydrogen) atoms. The number of rotatable bonds is 3. The molecule has 0 amide bonds. The maximum atomic E-state index is 13.2. The summed E-state index contributed by atoms with van der Waals surface area (Å²) in [5.41, 5.74) is 1.28. The fourth-order valence-electron chi connectivity index (χ4n) is 1.34. The summed E-state index contributed by atoms with van der Waals surface area (Å²) in [5, 5.41) is 9.84. The Bertz CT molecular complexity index is 309. The van der Waals surface area contributed by atoms with Crippen LogP contribution in [0.1, 0.15) is 37.5 Å². The summed E-state index contributed by atoms with van der Waals surface area (Å²) in [6, 6.07) is 4.91. The standard InChI is InChI=1S/C12H17FO/c1-4-8(2)12(14)10-6-5-9(3)11(13)7-10/h5-8,12,14H,4H2,1-3H3. The molecule has 0 radical (unpaired) electrons. The van der Waals surface area contributed by atoms with E-state index in [1.807, 2.05) is 13.8 Å². The molecule has 1 N–H and O–H groups in total. The maximum absolute atomic E-state index is 13.2. The molecule has 1 aromatic rings. The molecule has 1 nitrogen and oxygen atoms in total. The van der Waals surface area contributed by atoms with Crippen molar-refractivity contribution >= 4 is 0 Å². The number of benzene rings is 1. The average molecular weight is 196 g/mol. The van der Waals surface area contributed by atoms with Crippen LogP contribution in [0.3, 0.4) is 0 Å². The molecule has 0 fully saturated rings. The molecule has 0 saturated carbocycles. The fourth-order valence-corrected chi connectivity index (χ4v) is 1.34. The van der Waals surface area contributed by atoms with Gasteiger partial charge in [0.05, 0.1) is 6.10 Å². The van der Waals surface area contributed by atoms with Gasteiger partial charge in [-0.25, -0.2) is 4.39 Å². The average Bonchev–Trinajstić information content (AvgIpc) is 2.20. The SMILES string of the molecule is CCC(C)C(O)c1ccc(C)c(F)c1. The monoisotopic (exact) mass is 196 g/mol. The van der Waals surface area contributed by atoms with E-state index in [2.05, 4.69) is 0 Å². The van der Waals surface area contributed by atoms with E-state index in [0.717, 1.165) is 6.42 Å². The molecule has 0 aromatic heterocycles. The van der Waals surface area contributed by atoms with Gasteiger partial charge in [0.25, 0.3) is 0 Å². The molecule has 2 unspecified atom stereocenters. The van der Waals surface area contributed by atoms with E-state index in [0.29, 0.717) is 11.1 Å². The lowest BCUT2D eigenvalue weighted by molar-refractivity contribution is 0.115. The van der Waals surface area contributed by atoms with E-state index < -0.39 is 6.10 Å². The summed E-state index contributed by atoms with van der Waals surface area (Å²) in [4.78, 5) is 0. The molecule has 0 spiro atoms. The van der Waals surface area contributed by atoms with Gasteiger partial charge in [0.1, 0.15) is 5.82 Å². The van der Waals surface area contributed by atoms with Crippen LogP contribution in [0.5, 0.6) is 0 Å². The summed E-state index contributed by atoms with van der Waals surface area (Å²) in [6.45, 7) is 5.69. The lowest BCUT2D eigenvalue weighted by Crippen LogP contribution is -2.08. The molecule has 0 bridgehead atoms. The molecule has 0 saturated heterocycles. The Morgan fingerprint density at radius 3 is 2.57 bits per heavy atom. The molecule has 1 rings (SSSR count). The third kappa shape index (κ3) is 2.32. The Balaban J connectivity index is 2.91. The van der Waals surface area contributed by atoms with Crippen LogP contribution in [-0.4, -0.2) is 5.11 Å². The van der Waals surface area contributed by atoms with Gasteiger partial charge in [-0.1, -0.05) is 32.4 Å². The third-order valence-electron chi connectivity index (χ3n) is 2.72. The first-order valence-corrected chi connectivity index (χ1v) is 5.00. The molecule has 0 aliphatic rings. The largest absolute Gasteiger partial charge is 0.388 e. The summed E-state index contributed by atoms with van der Waals surface area (Å²) < 4.78 is 13.2. The van der Waals surface area contributed by atoms with Crippen LogP contribution in [0.25, 0.3) is 0 Å². The van der Waals surface area contributed by atoms with E-state index >= 15 is 0 Å². The predicted octanol–water partition coefficient (Wildman–Crippen LogP) is 3.21. The normalized spacial score (nSPS) is 15.2. The second-order valence-corrected chi connectivity index (χ2v) is 3.84. The lowest BCUT2D eigenvalue weighted by atomic mass is 9.95. The van der Waals surface area contributed by atoms with Gasteiger partial charge in [0.15, 0.2) is 0 Å². The van der Waals surface area contributed by atoms with Crippen molar-refractivity contribution in [2.24, 2.45) is 5.92 Å². The van der Waals surface area contributed by atoms with E-state index in [1.54, 1.807) is 19.1 Å². The van der Waals surface area contributed by atoms with Crippen molar-refractivity contribution in [2.75, 3.05) is 0 Å². The molecular formula is C12H17FO. The van der Waals surface area contributed by atoms with Crippen molar-refractivity contribution in [1.29, 1.82) is 0 Å². The van der Waals surface area contributed by atoms with E-state index in [1.165, 1.54) is 6.07 Å². The van der Waals surface area contributed by atoms with Crippen LogP contribution >= 0.6 is 0 Å². The van der Waals surface area contributed by atoms with Gasteiger partial charge < -0.3 is 5.11 Å². The van der Waals surface area contributed by atoms with Gasteiger partial charge in [-0.05, 0) is 30.0 Å². The highest BCUT2D eigenvalue weighted by Crippen LogP contribution is 2.25. The smallest absolute Gasteiger partial charge is 0.126 e. The van der Waals surface area contributed by atoms with Crippen molar-refractivity contribution in [3.05, 3.63) is 35.1 Å². The first kappa shape index (κ1) is 11.2. The Kier molecular flexibility index (Phi) is 3.64. The van der Waals surface area contributed by atoms with Crippen LogP contribution < -0.4 is 0 Å². The quantitative estimate of drug-likeness (QED) is 0.787. The molecule has 2 heteroatoms. The molecular weight excluding hydrogens is 179 g/mol. The van der Waals surface area contributed by atoms with Crippen molar-refractivity contribution in [2.45, 2.75) is 33.3 Å². The minimum absolute atomic E-state index is 0.164. The van der Waals surface area contributed by atoms with Gasteiger partial charge in [-0.15, -0.1) is 0 Å². The highest BCUT2D eigenvalue weighted by atomic mass is 19.1. The Hall–Kier alpha value is -0.890. The summed E-state index contributed by atoms with van der Waals surface area (Å²) in [5.74, 6) is -0.0815. The number of aliphatic hydroxyl groups is 1. The zero-order chi connectivity index (χ0) is 10.7. The number of halogens is 1. The molecule has 78 valence electrons. The van der Waals surface area contributed by atoms with Gasteiger partial charge in [0.2, 0.25) is 0 Å². The van der Waals surface area contributed by atoms with E-state index in [4.69, 9.17) is 0 Å². The third-order valence-corrected chi connectivity index (χ3v) is 2.72. The Labute approximate surface area is 84.6 Å². The number of aryl methyl sites for hydroxylation is 1. The predicted molar refractivity (Wildman–Crippen MR) is 55.6 cm³/mol. The molecule has 0 aliphatic carbocycles. The van der Waals surface area contributed by atoms with E-state index in [9.17, 15) is 9.50 Å². The van der Waals surface area contributed by atoms with E-state index in [-0.39, 0.29) is 11.7 Å². The molecule has 0 heterocycles. The second-order valence-electron chi connectivity index (χ2n) is 3.84. The summed E-state index contributed by atoms with van der Waals surface area (Å²) in [6.07, 6.45) is 0.325. The number of hydrogen-bond acceptors (Lipinski definition) is 1. The molecule has 1 aromatic carbocycles. The van der Waals surface area contributed by atoms with Gasteiger partial charge in [-0.2, -0.15) is 0 Å². The first-order chi connectivity index (χ1) is 6.56. The Morgan fingerprint density at radius 1 is 1.43 bits per heavy atom. The molecule has 2 atom stereocenters. The van der Waals surface area contributed by atoms with Crippen LogP contribution in [0.4, 0.5) is 4.39 Å². The summed E-state index contributed by atoms with van der Waals surface area (Å²) >= 11 is 0. The molecule has 0 aliphatic heterocycles. The highest BCUT2D eigenvalue weighted by molar-refractivity contribution is 5.25. The minimum atomic E-state index is -0.560. The van der Waals surface area contributed by atoms with Crippen molar-refractivity contribution in [3.8, 4) is 0 Å². The van der Waals surface area contributed by atoms with Crippen molar-refractivity contribution < 1.29 is 9.50 Å². The lowest BCUT2D eigenvalue weighted by Gasteiger charge is -2.17. The first-order valence-electron chi connectivity index (χ1n) is 5.00. The van der Waals surface area contributed by atoms with Crippen LogP contribution in [-0.2, 0) is 0 Å². The second kappa shape index (κ2) is 4.56. The fraction of sp³-hybridized carbons (Fsp3) is 0.500. The minimum Gasteiger partial charge on any atom is -0.388 e. The number of aliphatic hydroxyl groups excluding tert-OH is 1.